The Labute approximate surface area is 54.3 Å². The van der Waals surface area contributed by atoms with Crippen molar-refractivity contribution in [3.63, 3.8) is 0 Å². The van der Waals surface area contributed by atoms with Crippen molar-refractivity contribution in [1.82, 2.24) is 0 Å². The van der Waals surface area contributed by atoms with E-state index >= 15 is 0 Å². The van der Waals surface area contributed by atoms with Crippen LogP contribution in [0.4, 0.5) is 0 Å². The van der Waals surface area contributed by atoms with Gasteiger partial charge in [-0.1, -0.05) is 6.92 Å². The minimum absolute atomic E-state index is 0.0645. The summed E-state index contributed by atoms with van der Waals surface area (Å²) in [5.41, 5.74) is 0. The third kappa shape index (κ3) is 5.30. The molecule has 0 heterocycles. The van der Waals surface area contributed by atoms with E-state index < -0.39 is 12.1 Å². The van der Waals surface area contributed by atoms with Gasteiger partial charge in [-0.2, -0.15) is 0 Å². The Morgan fingerprint density at radius 2 is 2.22 bits per heavy atom. The van der Waals surface area contributed by atoms with Crippen LogP contribution in [0.3, 0.4) is 0 Å². The quantitative estimate of drug-likeness (QED) is 0.589. The molecule has 0 rings (SSSR count). The van der Waals surface area contributed by atoms with Crippen LogP contribution in [0.1, 0.15) is 26.2 Å². The molecule has 0 aromatic carbocycles. The zero-order valence-electron chi connectivity index (χ0n) is 5.50. The van der Waals surface area contributed by atoms with Crippen molar-refractivity contribution in [2.75, 3.05) is 0 Å². The summed E-state index contributed by atoms with van der Waals surface area (Å²) in [4.78, 5) is 9.91. The Morgan fingerprint density at radius 3 is 2.56 bits per heavy atom. The van der Waals surface area contributed by atoms with Crippen LogP contribution >= 0.6 is 0 Å². The second-order valence-corrected chi connectivity index (χ2v) is 1.99. The molecular formula is C6H12O3. The van der Waals surface area contributed by atoms with Gasteiger partial charge in [-0.25, -0.2) is 0 Å². The van der Waals surface area contributed by atoms with Gasteiger partial charge in [0.25, 0.3) is 0 Å². The molecule has 1 atom stereocenters. The third-order valence-electron chi connectivity index (χ3n) is 1.16. The predicted octanol–water partition coefficient (Wildman–Crippen LogP) is 0.622. The topological polar surface area (TPSA) is 57.5 Å². The molecule has 0 spiro atoms. The zero-order valence-corrected chi connectivity index (χ0v) is 5.50. The lowest BCUT2D eigenvalue weighted by Gasteiger charge is -2.02. The Morgan fingerprint density at radius 1 is 1.67 bits per heavy atom. The highest BCUT2D eigenvalue weighted by molar-refractivity contribution is 5.66. The highest BCUT2D eigenvalue weighted by Gasteiger charge is 2.02. The van der Waals surface area contributed by atoms with E-state index in [1.807, 2.05) is 6.92 Å². The summed E-state index contributed by atoms with van der Waals surface area (Å²) in [6.07, 6.45) is 0.620. The number of carboxylic acids is 1. The maximum Gasteiger partial charge on any atom is 0.303 e. The number of rotatable bonds is 4. The van der Waals surface area contributed by atoms with Gasteiger partial charge in [-0.15, -0.1) is 0 Å². The molecule has 9 heavy (non-hydrogen) atoms. The first kappa shape index (κ1) is 8.43. The average Bonchev–Trinajstić information content (AvgIpc) is 1.83. The molecule has 54 valence electrons. The number of hydrogen-bond donors (Lipinski definition) is 2. The normalized spacial score (nSPS) is 13.1. The van der Waals surface area contributed by atoms with Crippen LogP contribution in [0.2, 0.25) is 0 Å². The van der Waals surface area contributed by atoms with Crippen molar-refractivity contribution in [1.29, 1.82) is 0 Å². The first-order valence-corrected chi connectivity index (χ1v) is 3.06. The summed E-state index contributed by atoms with van der Waals surface area (Å²) >= 11 is 0. The number of carboxylic acid groups (broad SMARTS) is 1. The van der Waals surface area contributed by atoms with E-state index in [-0.39, 0.29) is 6.42 Å². The minimum atomic E-state index is -0.845. The van der Waals surface area contributed by atoms with Gasteiger partial charge in [0.15, 0.2) is 0 Å². The largest absolute Gasteiger partial charge is 0.481 e. The molecule has 0 saturated carbocycles. The summed E-state index contributed by atoms with van der Waals surface area (Å²) in [5, 5.41) is 17.0. The summed E-state index contributed by atoms with van der Waals surface area (Å²) in [6, 6.07) is 0. The Hall–Kier alpha value is -0.570. The van der Waals surface area contributed by atoms with Crippen LogP contribution in [0.15, 0.2) is 0 Å². The van der Waals surface area contributed by atoms with E-state index in [2.05, 4.69) is 0 Å². The monoisotopic (exact) mass is 132 g/mol. The first-order chi connectivity index (χ1) is 4.16. The van der Waals surface area contributed by atoms with Crippen LogP contribution in [-0.4, -0.2) is 22.3 Å². The van der Waals surface area contributed by atoms with Crippen LogP contribution in [-0.2, 0) is 4.79 Å². The molecule has 0 unspecified atom stereocenters. The van der Waals surface area contributed by atoms with E-state index in [0.717, 1.165) is 0 Å². The van der Waals surface area contributed by atoms with E-state index in [9.17, 15) is 4.79 Å². The van der Waals surface area contributed by atoms with Gasteiger partial charge in [-0.05, 0) is 12.8 Å². The molecule has 0 bridgehead atoms. The van der Waals surface area contributed by atoms with Gasteiger partial charge < -0.3 is 10.2 Å². The fraction of sp³-hybridized carbons (Fsp3) is 0.833. The fourth-order valence-corrected chi connectivity index (χ4v) is 0.494. The Balaban J connectivity index is 3.16. The molecule has 0 fully saturated rings. The average molecular weight is 132 g/mol. The van der Waals surface area contributed by atoms with Gasteiger partial charge in [-0.3, -0.25) is 4.79 Å². The van der Waals surface area contributed by atoms with Crippen molar-refractivity contribution in [3.05, 3.63) is 0 Å². The lowest BCUT2D eigenvalue weighted by atomic mass is 10.1. The van der Waals surface area contributed by atoms with Gasteiger partial charge in [0.05, 0.1) is 6.10 Å². The smallest absolute Gasteiger partial charge is 0.303 e. The van der Waals surface area contributed by atoms with Crippen molar-refractivity contribution >= 4 is 5.97 Å². The third-order valence-corrected chi connectivity index (χ3v) is 1.16. The molecule has 0 amide bonds. The van der Waals surface area contributed by atoms with E-state index in [0.29, 0.717) is 12.8 Å². The number of hydrogen-bond acceptors (Lipinski definition) is 2. The van der Waals surface area contributed by atoms with Crippen molar-refractivity contribution in [2.24, 2.45) is 0 Å². The number of carbonyl (C=O) groups is 1. The van der Waals surface area contributed by atoms with Crippen LogP contribution in [0.5, 0.6) is 0 Å². The molecular weight excluding hydrogens is 120 g/mol. The second-order valence-electron chi connectivity index (χ2n) is 1.99. The van der Waals surface area contributed by atoms with Crippen LogP contribution < -0.4 is 0 Å². The van der Waals surface area contributed by atoms with E-state index in [1.54, 1.807) is 0 Å². The molecule has 3 heteroatoms. The number of aliphatic carboxylic acids is 1. The summed E-state index contributed by atoms with van der Waals surface area (Å²) in [5.74, 6) is -0.845. The van der Waals surface area contributed by atoms with Gasteiger partial charge >= 0.3 is 5.97 Å². The first-order valence-electron chi connectivity index (χ1n) is 3.06. The molecule has 0 aliphatic carbocycles. The molecule has 0 aliphatic rings. The molecule has 0 radical (unpaired) electrons. The predicted molar refractivity (Wildman–Crippen MR) is 33.2 cm³/mol. The maximum absolute atomic E-state index is 9.91. The Bertz CT molecular complexity index is 90.3. The van der Waals surface area contributed by atoms with Crippen molar-refractivity contribution in [2.45, 2.75) is 32.3 Å². The lowest BCUT2D eigenvalue weighted by molar-refractivity contribution is -0.137. The van der Waals surface area contributed by atoms with Crippen LogP contribution in [0.25, 0.3) is 0 Å². The molecule has 3 nitrogen and oxygen atoms in total. The molecule has 0 aliphatic heterocycles. The van der Waals surface area contributed by atoms with Crippen molar-refractivity contribution < 1.29 is 15.0 Å². The minimum Gasteiger partial charge on any atom is -0.481 e. The highest BCUT2D eigenvalue weighted by atomic mass is 16.4. The van der Waals surface area contributed by atoms with Crippen molar-refractivity contribution in [3.8, 4) is 0 Å². The van der Waals surface area contributed by atoms with E-state index in [1.165, 1.54) is 0 Å². The second kappa shape index (κ2) is 4.32. The SMILES string of the molecule is CC[C@@H](O)CCC(=O)O. The molecule has 2 N–H and O–H groups in total. The van der Waals surface area contributed by atoms with Gasteiger partial charge in [0.2, 0.25) is 0 Å². The Kier molecular flexibility index (Phi) is 4.05. The molecule has 0 aromatic rings. The van der Waals surface area contributed by atoms with Gasteiger partial charge in [0.1, 0.15) is 0 Å². The maximum atomic E-state index is 9.91. The summed E-state index contributed by atoms with van der Waals surface area (Å²) in [6.45, 7) is 1.83. The highest BCUT2D eigenvalue weighted by Crippen LogP contribution is 1.99. The number of aliphatic hydroxyl groups is 1. The standard InChI is InChI=1S/C6H12O3/c1-2-5(7)3-4-6(8)9/h5,7H,2-4H2,1H3,(H,8,9)/t5-/m1/s1. The van der Waals surface area contributed by atoms with E-state index in [4.69, 9.17) is 10.2 Å². The molecule has 0 saturated heterocycles. The molecule has 0 aromatic heterocycles. The van der Waals surface area contributed by atoms with Gasteiger partial charge in [0, 0.05) is 6.42 Å². The summed E-state index contributed by atoms with van der Waals surface area (Å²) < 4.78 is 0. The fourth-order valence-electron chi connectivity index (χ4n) is 0.494. The number of aliphatic hydroxyl groups excluding tert-OH is 1. The zero-order chi connectivity index (χ0) is 7.28. The lowest BCUT2D eigenvalue weighted by Crippen LogP contribution is -2.07. The summed E-state index contributed by atoms with van der Waals surface area (Å²) in [7, 11) is 0. The van der Waals surface area contributed by atoms with Crippen LogP contribution in [0, 0.1) is 0 Å².